The van der Waals surface area contributed by atoms with Gasteiger partial charge in [0.25, 0.3) is 0 Å². The normalized spacial score (nSPS) is 10.8. The molecular weight excluding hydrogens is 353 g/mol. The molecule has 0 bridgehead atoms. The van der Waals surface area contributed by atoms with Crippen molar-refractivity contribution in [3.8, 4) is 11.4 Å². The third-order valence-electron chi connectivity index (χ3n) is 3.88. The number of nitrogens with zero attached hydrogens (tertiary/aromatic N) is 3. The Hall–Kier alpha value is -2.67. The molecular formula is C19H18FN3O2S. The molecule has 0 atom stereocenters. The molecule has 0 aliphatic heterocycles. The first-order chi connectivity index (χ1) is 12.5. The van der Waals surface area contributed by atoms with Crippen molar-refractivity contribution < 1.29 is 13.9 Å². The van der Waals surface area contributed by atoms with E-state index in [2.05, 4.69) is 10.2 Å². The second kappa shape index (κ2) is 7.70. The average molecular weight is 371 g/mol. The van der Waals surface area contributed by atoms with Gasteiger partial charge in [0.15, 0.2) is 10.9 Å². The smallest absolute Gasteiger partial charge is 0.196 e. The largest absolute Gasteiger partial charge is 0.496 e. The number of ether oxygens (including phenoxy) is 1. The van der Waals surface area contributed by atoms with E-state index in [4.69, 9.17) is 4.74 Å². The van der Waals surface area contributed by atoms with Crippen molar-refractivity contribution >= 4 is 17.5 Å². The maximum Gasteiger partial charge on any atom is 0.196 e. The topological polar surface area (TPSA) is 57.0 Å². The van der Waals surface area contributed by atoms with Crippen LogP contribution in [0.1, 0.15) is 21.7 Å². The van der Waals surface area contributed by atoms with Gasteiger partial charge in [0, 0.05) is 5.69 Å². The Morgan fingerprint density at radius 2 is 1.88 bits per heavy atom. The number of hydrogen-bond acceptors (Lipinski definition) is 5. The van der Waals surface area contributed by atoms with Crippen molar-refractivity contribution in [3.05, 3.63) is 65.2 Å². The number of Topliss-reactive ketones (excluding diaryl/α,β-unsaturated/α-hetero) is 1. The number of carbonyl (C=O) groups is 1. The van der Waals surface area contributed by atoms with Crippen molar-refractivity contribution in [1.29, 1.82) is 0 Å². The molecule has 26 heavy (non-hydrogen) atoms. The second-order valence-corrected chi connectivity index (χ2v) is 6.70. The van der Waals surface area contributed by atoms with E-state index in [1.54, 1.807) is 0 Å². The molecule has 3 aromatic rings. The molecule has 5 nitrogen and oxygen atoms in total. The molecule has 1 aromatic heterocycles. The summed E-state index contributed by atoms with van der Waals surface area (Å²) in [4.78, 5) is 12.5. The molecule has 0 saturated carbocycles. The SMILES string of the molecule is COc1ccc(F)cc1C(=O)CSc1nnc(C)n1-c1ccc(C)cc1. The van der Waals surface area contributed by atoms with Gasteiger partial charge < -0.3 is 4.74 Å². The first kappa shape index (κ1) is 18.1. The minimum Gasteiger partial charge on any atom is -0.496 e. The highest BCUT2D eigenvalue weighted by Gasteiger charge is 2.17. The molecule has 0 N–H and O–H groups in total. The molecule has 134 valence electrons. The van der Waals surface area contributed by atoms with E-state index < -0.39 is 5.82 Å². The van der Waals surface area contributed by atoms with Gasteiger partial charge in [-0.25, -0.2) is 4.39 Å². The molecule has 0 amide bonds. The van der Waals surface area contributed by atoms with E-state index >= 15 is 0 Å². The monoisotopic (exact) mass is 371 g/mol. The molecule has 0 spiro atoms. The highest BCUT2D eigenvalue weighted by Crippen LogP contribution is 2.25. The lowest BCUT2D eigenvalue weighted by atomic mass is 10.1. The third-order valence-corrected chi connectivity index (χ3v) is 4.81. The number of aromatic nitrogens is 3. The van der Waals surface area contributed by atoms with Crippen molar-refractivity contribution in [1.82, 2.24) is 14.8 Å². The average Bonchev–Trinajstić information content (AvgIpc) is 3.01. The number of thioether (sulfide) groups is 1. The second-order valence-electron chi connectivity index (χ2n) is 5.76. The van der Waals surface area contributed by atoms with Gasteiger partial charge in [-0.15, -0.1) is 10.2 Å². The molecule has 0 aliphatic carbocycles. The summed E-state index contributed by atoms with van der Waals surface area (Å²) in [6.45, 7) is 3.87. The van der Waals surface area contributed by atoms with Crippen LogP contribution >= 0.6 is 11.8 Å². The van der Waals surface area contributed by atoms with E-state index in [1.165, 1.54) is 37.1 Å². The summed E-state index contributed by atoms with van der Waals surface area (Å²) >= 11 is 1.26. The molecule has 3 rings (SSSR count). The number of carbonyl (C=O) groups excluding carboxylic acids is 1. The maximum atomic E-state index is 13.5. The fraction of sp³-hybridized carbons (Fsp3) is 0.211. The van der Waals surface area contributed by atoms with Crippen LogP contribution < -0.4 is 4.74 Å². The van der Waals surface area contributed by atoms with Gasteiger partial charge >= 0.3 is 0 Å². The lowest BCUT2D eigenvalue weighted by molar-refractivity contribution is 0.101. The number of aryl methyl sites for hydroxylation is 2. The first-order valence-electron chi connectivity index (χ1n) is 7.98. The molecule has 0 fully saturated rings. The van der Waals surface area contributed by atoms with Gasteiger partial charge in [-0.2, -0.15) is 0 Å². The van der Waals surface area contributed by atoms with Crippen molar-refractivity contribution in [3.63, 3.8) is 0 Å². The summed E-state index contributed by atoms with van der Waals surface area (Å²) in [5.41, 5.74) is 2.30. The van der Waals surface area contributed by atoms with Crippen LogP contribution in [-0.2, 0) is 0 Å². The van der Waals surface area contributed by atoms with Crippen LogP contribution in [0, 0.1) is 19.7 Å². The third kappa shape index (κ3) is 3.77. The Morgan fingerprint density at radius 1 is 1.15 bits per heavy atom. The number of methoxy groups -OCH3 is 1. The summed E-state index contributed by atoms with van der Waals surface area (Å²) in [6, 6.07) is 11.9. The summed E-state index contributed by atoms with van der Waals surface area (Å²) in [6.07, 6.45) is 0. The van der Waals surface area contributed by atoms with Gasteiger partial charge in [-0.3, -0.25) is 9.36 Å². The van der Waals surface area contributed by atoms with Crippen LogP contribution in [-0.4, -0.2) is 33.4 Å². The Balaban J connectivity index is 1.82. The fourth-order valence-corrected chi connectivity index (χ4v) is 3.41. The quantitative estimate of drug-likeness (QED) is 0.484. The van der Waals surface area contributed by atoms with E-state index in [0.717, 1.165) is 17.1 Å². The Labute approximate surface area is 155 Å². The van der Waals surface area contributed by atoms with Gasteiger partial charge in [0.1, 0.15) is 17.4 Å². The van der Waals surface area contributed by atoms with E-state index in [1.807, 2.05) is 42.7 Å². The van der Waals surface area contributed by atoms with Gasteiger partial charge in [-0.05, 0) is 44.2 Å². The summed E-state index contributed by atoms with van der Waals surface area (Å²) in [5, 5.41) is 8.88. The Morgan fingerprint density at radius 3 is 2.58 bits per heavy atom. The molecule has 2 aromatic carbocycles. The summed E-state index contributed by atoms with van der Waals surface area (Å²) in [7, 11) is 1.45. The summed E-state index contributed by atoms with van der Waals surface area (Å²) in [5.74, 6) is 0.477. The predicted molar refractivity (Wildman–Crippen MR) is 98.8 cm³/mol. The lowest BCUT2D eigenvalue weighted by Crippen LogP contribution is -2.07. The summed E-state index contributed by atoms with van der Waals surface area (Å²) < 4.78 is 20.5. The molecule has 7 heteroatoms. The zero-order chi connectivity index (χ0) is 18.7. The molecule has 0 saturated heterocycles. The number of hydrogen-bond donors (Lipinski definition) is 0. The predicted octanol–water partition coefficient (Wildman–Crippen LogP) is 4.01. The lowest BCUT2D eigenvalue weighted by Gasteiger charge is -2.10. The highest BCUT2D eigenvalue weighted by molar-refractivity contribution is 7.99. The Bertz CT molecular complexity index is 938. The zero-order valence-electron chi connectivity index (χ0n) is 14.7. The number of rotatable bonds is 6. The van der Waals surface area contributed by atoms with Crippen LogP contribution in [0.3, 0.4) is 0 Å². The number of benzene rings is 2. The number of halogens is 1. The van der Waals surface area contributed by atoms with Crippen LogP contribution in [0.2, 0.25) is 0 Å². The van der Waals surface area contributed by atoms with Crippen LogP contribution in [0.15, 0.2) is 47.6 Å². The van der Waals surface area contributed by atoms with Crippen LogP contribution in [0.4, 0.5) is 4.39 Å². The van der Waals surface area contributed by atoms with E-state index in [-0.39, 0.29) is 17.1 Å². The van der Waals surface area contributed by atoms with Gasteiger partial charge in [0.05, 0.1) is 18.4 Å². The van der Waals surface area contributed by atoms with Crippen LogP contribution in [0.5, 0.6) is 5.75 Å². The maximum absolute atomic E-state index is 13.5. The van der Waals surface area contributed by atoms with Gasteiger partial charge in [-0.1, -0.05) is 29.5 Å². The first-order valence-corrected chi connectivity index (χ1v) is 8.96. The van der Waals surface area contributed by atoms with Crippen molar-refractivity contribution in [2.75, 3.05) is 12.9 Å². The fourth-order valence-electron chi connectivity index (χ4n) is 2.53. The molecule has 1 heterocycles. The standard InChI is InChI=1S/C19H18FN3O2S/c1-12-4-7-15(8-5-12)23-13(2)21-22-19(23)26-11-17(24)16-10-14(20)6-9-18(16)25-3/h4-10H,11H2,1-3H3. The molecule has 0 unspecified atom stereocenters. The number of ketones is 1. The molecule has 0 aliphatic rings. The van der Waals surface area contributed by atoms with Crippen molar-refractivity contribution in [2.45, 2.75) is 19.0 Å². The minimum atomic E-state index is -0.474. The van der Waals surface area contributed by atoms with Crippen LogP contribution in [0.25, 0.3) is 5.69 Å². The Kier molecular flexibility index (Phi) is 5.37. The van der Waals surface area contributed by atoms with E-state index in [0.29, 0.717) is 10.9 Å². The van der Waals surface area contributed by atoms with E-state index in [9.17, 15) is 9.18 Å². The van der Waals surface area contributed by atoms with Gasteiger partial charge in [0.2, 0.25) is 0 Å². The molecule has 0 radical (unpaired) electrons. The van der Waals surface area contributed by atoms with Crippen molar-refractivity contribution in [2.24, 2.45) is 0 Å². The highest BCUT2D eigenvalue weighted by atomic mass is 32.2. The zero-order valence-corrected chi connectivity index (χ0v) is 15.5. The minimum absolute atomic E-state index is 0.101.